The van der Waals surface area contributed by atoms with Crippen molar-refractivity contribution in [3.8, 4) is 39.1 Å². The average Bonchev–Trinajstić information content (AvgIpc) is 3.89. The van der Waals surface area contributed by atoms with Gasteiger partial charge in [0, 0.05) is 38.6 Å². The molecule has 0 atom stereocenters. The Labute approximate surface area is 353 Å². The number of rotatable bonds is 7. The molecule has 0 radical (unpaired) electrons. The molecule has 0 aliphatic heterocycles. The molecular weight excluding hydrogens is 741 g/mol. The van der Waals surface area contributed by atoms with E-state index >= 15 is 0 Å². The average molecular weight is 779 g/mol. The van der Waals surface area contributed by atoms with Gasteiger partial charge in [0.25, 0.3) is 0 Å². The molecule has 61 heavy (non-hydrogen) atoms. The topological polar surface area (TPSA) is 21.3 Å². The molecule has 286 valence electrons. The van der Waals surface area contributed by atoms with Crippen molar-refractivity contribution in [3.63, 3.8) is 0 Å². The number of para-hydroxylation sites is 3. The van der Waals surface area contributed by atoms with E-state index in [9.17, 15) is 0 Å². The molecule has 0 aliphatic carbocycles. The van der Waals surface area contributed by atoms with Crippen LogP contribution >= 0.6 is 0 Å². The normalized spacial score (nSPS) is 11.6. The van der Waals surface area contributed by atoms with Gasteiger partial charge in [0.05, 0.1) is 16.7 Å². The predicted molar refractivity (Wildman–Crippen MR) is 257 cm³/mol. The van der Waals surface area contributed by atoms with Crippen molar-refractivity contribution in [2.24, 2.45) is 0 Å². The van der Waals surface area contributed by atoms with Crippen molar-refractivity contribution >= 4 is 71.6 Å². The summed E-state index contributed by atoms with van der Waals surface area (Å²) in [6.45, 7) is 0. The van der Waals surface area contributed by atoms with Crippen LogP contribution in [-0.4, -0.2) is 4.57 Å². The fourth-order valence-corrected chi connectivity index (χ4v) is 9.26. The second-order valence-electron chi connectivity index (χ2n) is 15.7. The predicted octanol–water partition coefficient (Wildman–Crippen LogP) is 16.3. The summed E-state index contributed by atoms with van der Waals surface area (Å²) in [7, 11) is 0. The highest BCUT2D eigenvalue weighted by Gasteiger charge is 2.21. The van der Waals surface area contributed by atoms with Gasteiger partial charge >= 0.3 is 0 Å². The molecule has 2 aromatic heterocycles. The van der Waals surface area contributed by atoms with Gasteiger partial charge in [0.2, 0.25) is 0 Å². The van der Waals surface area contributed by atoms with E-state index in [1.165, 1.54) is 54.8 Å². The molecule has 3 nitrogen and oxygen atoms in total. The molecule has 0 unspecified atom stereocenters. The van der Waals surface area contributed by atoms with Crippen LogP contribution in [0.2, 0.25) is 0 Å². The Hall–Kier alpha value is -8.14. The Morgan fingerprint density at radius 1 is 0.344 bits per heavy atom. The summed E-state index contributed by atoms with van der Waals surface area (Å²) in [4.78, 5) is 2.33. The van der Waals surface area contributed by atoms with Crippen LogP contribution in [0.3, 0.4) is 0 Å². The molecule has 12 aromatic rings. The standard InChI is InChI=1S/C58H38N2O/c1-3-12-39(13-4-1)40-22-24-41(25-23-40)42-26-32-47(33-27-42)59(55-21-11-19-51-57-49-17-8-7-14-44(49)31-37-56(57)61-58(51)55)48-34-28-43(29-35-48)45-30-36-54-52(38-45)50-18-9-10-20-53(50)60(54)46-15-5-2-6-16-46/h1-38H. The fourth-order valence-electron chi connectivity index (χ4n) is 9.26. The summed E-state index contributed by atoms with van der Waals surface area (Å²) >= 11 is 0. The molecular formula is C58H38N2O. The van der Waals surface area contributed by atoms with Gasteiger partial charge in [0.1, 0.15) is 5.58 Å². The van der Waals surface area contributed by atoms with Crippen LogP contribution in [0.15, 0.2) is 235 Å². The molecule has 0 saturated heterocycles. The number of anilines is 3. The second kappa shape index (κ2) is 14.3. The minimum absolute atomic E-state index is 0.860. The van der Waals surface area contributed by atoms with E-state index in [4.69, 9.17) is 4.42 Å². The highest BCUT2D eigenvalue weighted by atomic mass is 16.3. The van der Waals surface area contributed by atoms with Gasteiger partial charge in [-0.25, -0.2) is 0 Å². The lowest BCUT2D eigenvalue weighted by molar-refractivity contribution is 0.669. The third-order valence-corrected chi connectivity index (χ3v) is 12.2. The molecule has 0 bridgehead atoms. The molecule has 10 aromatic carbocycles. The first kappa shape index (κ1) is 34.9. The monoisotopic (exact) mass is 778 g/mol. The van der Waals surface area contributed by atoms with Gasteiger partial charge < -0.3 is 13.9 Å². The van der Waals surface area contributed by atoms with Crippen molar-refractivity contribution in [3.05, 3.63) is 231 Å². The van der Waals surface area contributed by atoms with E-state index < -0.39 is 0 Å². The first-order valence-electron chi connectivity index (χ1n) is 20.8. The number of hydrogen-bond donors (Lipinski definition) is 0. The summed E-state index contributed by atoms with van der Waals surface area (Å²) in [6, 6.07) is 82.7. The summed E-state index contributed by atoms with van der Waals surface area (Å²) in [5.74, 6) is 0. The minimum Gasteiger partial charge on any atom is -0.454 e. The minimum atomic E-state index is 0.860. The largest absolute Gasteiger partial charge is 0.454 e. The number of hydrogen-bond acceptors (Lipinski definition) is 2. The van der Waals surface area contributed by atoms with Gasteiger partial charge in [-0.3, -0.25) is 0 Å². The fraction of sp³-hybridized carbons (Fsp3) is 0. The number of aromatic nitrogens is 1. The Balaban J connectivity index is 0.968. The molecule has 0 amide bonds. The van der Waals surface area contributed by atoms with Gasteiger partial charge in [-0.05, 0) is 111 Å². The van der Waals surface area contributed by atoms with Crippen molar-refractivity contribution < 1.29 is 4.42 Å². The highest BCUT2D eigenvalue weighted by molar-refractivity contribution is 6.21. The lowest BCUT2D eigenvalue weighted by atomic mass is 9.99. The smallest absolute Gasteiger partial charge is 0.159 e. The van der Waals surface area contributed by atoms with Crippen LogP contribution in [-0.2, 0) is 0 Å². The van der Waals surface area contributed by atoms with E-state index in [0.717, 1.165) is 55.8 Å². The second-order valence-corrected chi connectivity index (χ2v) is 15.7. The lowest BCUT2D eigenvalue weighted by Gasteiger charge is -2.26. The van der Waals surface area contributed by atoms with Gasteiger partial charge in [-0.1, -0.05) is 164 Å². The quantitative estimate of drug-likeness (QED) is 0.161. The first-order chi connectivity index (χ1) is 30.2. The SMILES string of the molecule is c1ccc(-c2ccc(-c3ccc(N(c4ccc(-c5ccc6c(c5)c5ccccc5n6-c5ccccc5)cc4)c4cccc5c4oc4ccc6ccccc6c45)cc3)cc2)cc1. The molecule has 0 spiro atoms. The molecule has 0 aliphatic rings. The Morgan fingerprint density at radius 3 is 1.57 bits per heavy atom. The zero-order chi connectivity index (χ0) is 40.3. The Kier molecular flexibility index (Phi) is 8.17. The van der Waals surface area contributed by atoms with E-state index in [1.54, 1.807) is 0 Å². The van der Waals surface area contributed by atoms with Crippen molar-refractivity contribution in [2.75, 3.05) is 4.90 Å². The van der Waals surface area contributed by atoms with Gasteiger partial charge in [0.15, 0.2) is 5.58 Å². The van der Waals surface area contributed by atoms with Crippen LogP contribution in [0.5, 0.6) is 0 Å². The van der Waals surface area contributed by atoms with E-state index in [0.29, 0.717) is 0 Å². The summed E-state index contributed by atoms with van der Waals surface area (Å²) in [5, 5.41) is 7.12. The van der Waals surface area contributed by atoms with Crippen LogP contribution in [0.4, 0.5) is 17.1 Å². The molecule has 0 fully saturated rings. The Morgan fingerprint density at radius 2 is 0.869 bits per heavy atom. The van der Waals surface area contributed by atoms with Gasteiger partial charge in [-0.15, -0.1) is 0 Å². The first-order valence-corrected chi connectivity index (χ1v) is 20.8. The lowest BCUT2D eigenvalue weighted by Crippen LogP contribution is -2.10. The summed E-state index contributed by atoms with van der Waals surface area (Å²) < 4.78 is 9.18. The third kappa shape index (κ3) is 5.90. The molecule has 12 rings (SSSR count). The number of furan rings is 1. The van der Waals surface area contributed by atoms with Crippen molar-refractivity contribution in [1.29, 1.82) is 0 Å². The number of benzene rings is 10. The maximum atomic E-state index is 6.82. The maximum Gasteiger partial charge on any atom is 0.159 e. The van der Waals surface area contributed by atoms with Gasteiger partial charge in [-0.2, -0.15) is 0 Å². The van der Waals surface area contributed by atoms with Crippen LogP contribution in [0.25, 0.3) is 93.6 Å². The highest BCUT2D eigenvalue weighted by Crippen LogP contribution is 2.45. The summed E-state index contributed by atoms with van der Waals surface area (Å²) in [6.07, 6.45) is 0. The zero-order valence-electron chi connectivity index (χ0n) is 33.2. The molecule has 0 N–H and O–H groups in total. The van der Waals surface area contributed by atoms with Crippen LogP contribution in [0, 0.1) is 0 Å². The maximum absolute atomic E-state index is 6.82. The summed E-state index contributed by atoms with van der Waals surface area (Å²) in [5.41, 5.74) is 15.5. The number of fused-ring (bicyclic) bond motifs is 8. The molecule has 2 heterocycles. The Bertz CT molecular complexity index is 3550. The number of nitrogens with zero attached hydrogens (tertiary/aromatic N) is 2. The van der Waals surface area contributed by atoms with E-state index in [1.807, 2.05) is 0 Å². The van der Waals surface area contributed by atoms with E-state index in [2.05, 4.69) is 240 Å². The van der Waals surface area contributed by atoms with Crippen LogP contribution in [0.1, 0.15) is 0 Å². The zero-order valence-corrected chi connectivity index (χ0v) is 33.2. The molecule has 3 heteroatoms. The van der Waals surface area contributed by atoms with Crippen LogP contribution < -0.4 is 4.90 Å². The van der Waals surface area contributed by atoms with E-state index in [-0.39, 0.29) is 0 Å². The van der Waals surface area contributed by atoms with Crippen molar-refractivity contribution in [2.45, 2.75) is 0 Å². The van der Waals surface area contributed by atoms with Crippen molar-refractivity contribution in [1.82, 2.24) is 4.57 Å². The third-order valence-electron chi connectivity index (χ3n) is 12.2. The molecule has 0 saturated carbocycles.